The zero-order valence-electron chi connectivity index (χ0n) is 50.3. The molecule has 0 fully saturated rings. The molecule has 0 aliphatic rings. The molecule has 0 aromatic heterocycles. The van der Waals surface area contributed by atoms with Crippen LogP contribution in [0.2, 0.25) is 0 Å². The van der Waals surface area contributed by atoms with Crippen molar-refractivity contribution in [2.45, 2.75) is 361 Å². The molecule has 75 heavy (non-hydrogen) atoms. The highest BCUT2D eigenvalue weighted by Gasteiger charge is 2.19. The Morgan fingerprint density at radius 2 is 0.480 bits per heavy atom. The molecular formula is C69H126O6. The fourth-order valence-corrected chi connectivity index (χ4v) is 9.80. The highest BCUT2D eigenvalue weighted by Crippen LogP contribution is 2.18. The van der Waals surface area contributed by atoms with Crippen LogP contribution in [0.3, 0.4) is 0 Å². The summed E-state index contributed by atoms with van der Waals surface area (Å²) >= 11 is 0. The van der Waals surface area contributed by atoms with Gasteiger partial charge in [-0.25, -0.2) is 0 Å². The summed E-state index contributed by atoms with van der Waals surface area (Å²) < 4.78 is 16.8. The molecule has 438 valence electrons. The molecule has 0 N–H and O–H groups in total. The van der Waals surface area contributed by atoms with E-state index in [9.17, 15) is 14.4 Å². The van der Waals surface area contributed by atoms with Gasteiger partial charge in [-0.3, -0.25) is 14.4 Å². The quantitative estimate of drug-likeness (QED) is 0.0261. The van der Waals surface area contributed by atoms with Gasteiger partial charge in [-0.2, -0.15) is 0 Å². The van der Waals surface area contributed by atoms with Gasteiger partial charge in [0, 0.05) is 19.3 Å². The first-order chi connectivity index (χ1) is 37.0. The molecule has 0 heterocycles. The zero-order valence-corrected chi connectivity index (χ0v) is 50.3. The normalized spacial score (nSPS) is 12.3. The largest absolute Gasteiger partial charge is 0.462 e. The zero-order chi connectivity index (χ0) is 54.3. The Labute approximate surface area is 467 Å². The maximum absolute atomic E-state index is 12.8. The van der Waals surface area contributed by atoms with E-state index >= 15 is 0 Å². The lowest BCUT2D eigenvalue weighted by molar-refractivity contribution is -0.167. The average Bonchev–Trinajstić information content (AvgIpc) is 3.41. The lowest BCUT2D eigenvalue weighted by atomic mass is 10.0. The number of allylic oxidation sites excluding steroid dienone is 8. The molecule has 0 aromatic rings. The van der Waals surface area contributed by atoms with Crippen molar-refractivity contribution in [2.75, 3.05) is 13.2 Å². The number of unbranched alkanes of at least 4 members (excludes halogenated alkanes) is 42. The number of rotatable bonds is 61. The molecule has 0 amide bonds. The summed E-state index contributed by atoms with van der Waals surface area (Å²) in [6.45, 7) is 6.56. The highest BCUT2D eigenvalue weighted by molar-refractivity contribution is 5.71. The second kappa shape index (κ2) is 63.9. The van der Waals surface area contributed by atoms with Crippen LogP contribution in [-0.4, -0.2) is 37.2 Å². The van der Waals surface area contributed by atoms with E-state index in [4.69, 9.17) is 14.2 Å². The van der Waals surface area contributed by atoms with Gasteiger partial charge in [0.2, 0.25) is 0 Å². The van der Waals surface area contributed by atoms with Gasteiger partial charge in [0.25, 0.3) is 0 Å². The Morgan fingerprint density at radius 3 is 0.760 bits per heavy atom. The molecule has 0 aliphatic carbocycles. The third-order valence-corrected chi connectivity index (χ3v) is 14.8. The van der Waals surface area contributed by atoms with E-state index in [0.29, 0.717) is 19.3 Å². The third kappa shape index (κ3) is 62.1. The van der Waals surface area contributed by atoms with E-state index in [1.54, 1.807) is 0 Å². The van der Waals surface area contributed by atoms with Crippen molar-refractivity contribution in [2.24, 2.45) is 0 Å². The molecular weight excluding hydrogens is 925 g/mol. The van der Waals surface area contributed by atoms with E-state index in [2.05, 4.69) is 69.4 Å². The van der Waals surface area contributed by atoms with E-state index in [-0.39, 0.29) is 31.1 Å². The topological polar surface area (TPSA) is 78.9 Å². The predicted octanol–water partition coefficient (Wildman–Crippen LogP) is 22.6. The molecule has 0 spiro atoms. The summed E-state index contributed by atoms with van der Waals surface area (Å²) in [5.74, 6) is -0.871. The first kappa shape index (κ1) is 72.4. The van der Waals surface area contributed by atoms with Gasteiger partial charge >= 0.3 is 17.9 Å². The van der Waals surface area contributed by atoms with Crippen molar-refractivity contribution in [3.05, 3.63) is 48.6 Å². The maximum atomic E-state index is 12.8. The minimum atomic E-state index is -0.770. The lowest BCUT2D eigenvalue weighted by Gasteiger charge is -2.18. The molecule has 0 saturated carbocycles. The maximum Gasteiger partial charge on any atom is 0.306 e. The predicted molar refractivity (Wildman–Crippen MR) is 325 cm³/mol. The Kier molecular flexibility index (Phi) is 61.7. The molecule has 1 atom stereocenters. The van der Waals surface area contributed by atoms with Crippen molar-refractivity contribution in [1.82, 2.24) is 0 Å². The van der Waals surface area contributed by atoms with Gasteiger partial charge in [-0.15, -0.1) is 0 Å². The number of ether oxygens (including phenoxy) is 3. The summed E-state index contributed by atoms with van der Waals surface area (Å²) in [6.07, 6.45) is 80.5. The summed E-state index contributed by atoms with van der Waals surface area (Å²) in [4.78, 5) is 37.9. The monoisotopic (exact) mass is 1050 g/mol. The Hall–Kier alpha value is -2.63. The fourth-order valence-electron chi connectivity index (χ4n) is 9.80. The van der Waals surface area contributed by atoms with Gasteiger partial charge in [0.05, 0.1) is 0 Å². The van der Waals surface area contributed by atoms with Crippen LogP contribution in [0.5, 0.6) is 0 Å². The van der Waals surface area contributed by atoms with Crippen LogP contribution >= 0.6 is 0 Å². The van der Waals surface area contributed by atoms with Crippen LogP contribution in [0, 0.1) is 0 Å². The van der Waals surface area contributed by atoms with Crippen LogP contribution in [0.4, 0.5) is 0 Å². The third-order valence-electron chi connectivity index (χ3n) is 14.8. The average molecular weight is 1050 g/mol. The number of hydrogen-bond donors (Lipinski definition) is 0. The first-order valence-electron chi connectivity index (χ1n) is 33.1. The Bertz CT molecular complexity index is 1300. The standard InChI is InChI=1S/C69H126O6/c1-4-7-10-13-15-17-19-21-23-25-27-28-29-30-31-32-33-34-35-36-37-38-39-40-42-43-45-47-49-51-53-56-59-62-68(71)74-65-66(64-73-67(70)61-58-55-12-9-6-3)75-69(72)63-60-57-54-52-50-48-46-44-41-26-24-22-20-18-16-14-11-8-5-2/h16,18-19,21-22,24-25,27,66H,4-15,17,20,23,26,28-65H2,1-3H3/b18-16-,21-19-,24-22-,27-25-. The molecule has 0 saturated heterocycles. The molecule has 6 heteroatoms. The Balaban J connectivity index is 3.91. The van der Waals surface area contributed by atoms with Crippen LogP contribution < -0.4 is 0 Å². The second-order valence-electron chi connectivity index (χ2n) is 22.4. The number of hydrogen-bond acceptors (Lipinski definition) is 6. The molecule has 0 rings (SSSR count). The minimum Gasteiger partial charge on any atom is -0.462 e. The van der Waals surface area contributed by atoms with Gasteiger partial charge in [-0.05, 0) is 83.5 Å². The molecule has 1 unspecified atom stereocenters. The van der Waals surface area contributed by atoms with Gasteiger partial charge in [0.15, 0.2) is 6.10 Å². The number of carbonyl (C=O) groups excluding carboxylic acids is 3. The van der Waals surface area contributed by atoms with Crippen LogP contribution in [-0.2, 0) is 28.6 Å². The van der Waals surface area contributed by atoms with Crippen LogP contribution in [0.1, 0.15) is 355 Å². The van der Waals surface area contributed by atoms with Gasteiger partial charge in [0.1, 0.15) is 13.2 Å². The van der Waals surface area contributed by atoms with Crippen molar-refractivity contribution in [1.29, 1.82) is 0 Å². The fraction of sp³-hybridized carbons (Fsp3) is 0.841. The summed E-state index contributed by atoms with van der Waals surface area (Å²) in [7, 11) is 0. The second-order valence-corrected chi connectivity index (χ2v) is 22.4. The van der Waals surface area contributed by atoms with Crippen molar-refractivity contribution in [3.8, 4) is 0 Å². The van der Waals surface area contributed by atoms with Crippen molar-refractivity contribution < 1.29 is 28.6 Å². The smallest absolute Gasteiger partial charge is 0.306 e. The molecule has 6 nitrogen and oxygen atoms in total. The van der Waals surface area contributed by atoms with Gasteiger partial charge < -0.3 is 14.2 Å². The SMILES string of the molecule is CCCCC/C=C\C/C=C\CCCCCCCCCCCC(=O)OC(COC(=O)CCCCCCC)COC(=O)CCCCCCCCCCCCCCCCCCCCCCC/C=C\C/C=C\CCCCCCC. The van der Waals surface area contributed by atoms with E-state index in [1.807, 2.05) is 0 Å². The number of carbonyl (C=O) groups is 3. The molecule has 0 aliphatic heterocycles. The van der Waals surface area contributed by atoms with Crippen LogP contribution in [0.15, 0.2) is 48.6 Å². The molecule has 0 radical (unpaired) electrons. The summed E-state index contributed by atoms with van der Waals surface area (Å²) in [5, 5.41) is 0. The highest BCUT2D eigenvalue weighted by atomic mass is 16.6. The van der Waals surface area contributed by atoms with Crippen LogP contribution in [0.25, 0.3) is 0 Å². The lowest BCUT2D eigenvalue weighted by Crippen LogP contribution is -2.30. The van der Waals surface area contributed by atoms with Crippen molar-refractivity contribution in [3.63, 3.8) is 0 Å². The molecule has 0 bridgehead atoms. The van der Waals surface area contributed by atoms with E-state index < -0.39 is 6.10 Å². The number of esters is 3. The minimum absolute atomic E-state index is 0.0710. The van der Waals surface area contributed by atoms with E-state index in [1.165, 1.54) is 238 Å². The Morgan fingerprint density at radius 1 is 0.267 bits per heavy atom. The van der Waals surface area contributed by atoms with E-state index in [0.717, 1.165) is 77.0 Å². The summed E-state index contributed by atoms with van der Waals surface area (Å²) in [5.41, 5.74) is 0. The molecule has 0 aromatic carbocycles. The first-order valence-corrected chi connectivity index (χ1v) is 33.1. The van der Waals surface area contributed by atoms with Gasteiger partial charge in [-0.1, -0.05) is 301 Å². The van der Waals surface area contributed by atoms with Crippen molar-refractivity contribution >= 4 is 17.9 Å². The summed E-state index contributed by atoms with van der Waals surface area (Å²) in [6, 6.07) is 0.